The molecule has 0 amide bonds. The smallest absolute Gasteiger partial charge is 0.162 e. The maximum absolute atomic E-state index is 12.3. The first kappa shape index (κ1) is 18.7. The van der Waals surface area contributed by atoms with Gasteiger partial charge in [-0.2, -0.15) is 0 Å². The molecular formula is C21H32O4. The number of carbonyl (C=O) groups excluding carboxylic acids is 1. The Bertz CT molecular complexity index is 591. The van der Waals surface area contributed by atoms with E-state index >= 15 is 0 Å². The number of aliphatic hydroxyl groups excluding tert-OH is 2. The summed E-state index contributed by atoms with van der Waals surface area (Å²) in [5.41, 5.74) is 1.83. The molecule has 1 heterocycles. The van der Waals surface area contributed by atoms with Gasteiger partial charge in [-0.05, 0) is 44.4 Å². The molecule has 0 aromatic rings. The number of fused-ring (bicyclic) bond motifs is 1. The summed E-state index contributed by atoms with van der Waals surface area (Å²) in [6.45, 7) is 6.73. The molecule has 0 saturated carbocycles. The zero-order chi connectivity index (χ0) is 18.2. The standard InChI is InChI=1S/C21H32O4/c1-13(12-22)5-4-6-14(2)15-9-10-21(3)17(15)11-16-18(23)7-8-19(24)20(16)25-21/h9,13-14,17,19,22,24H,4-8,10-12H2,1-3H3. The topological polar surface area (TPSA) is 66.8 Å². The van der Waals surface area contributed by atoms with Crippen molar-refractivity contribution in [3.63, 3.8) is 0 Å². The Kier molecular flexibility index (Phi) is 5.40. The molecule has 5 atom stereocenters. The van der Waals surface area contributed by atoms with Gasteiger partial charge in [-0.1, -0.05) is 31.9 Å². The van der Waals surface area contributed by atoms with E-state index in [1.54, 1.807) is 0 Å². The molecule has 2 aliphatic carbocycles. The monoisotopic (exact) mass is 348 g/mol. The lowest BCUT2D eigenvalue weighted by atomic mass is 9.73. The predicted octanol–water partition coefficient (Wildman–Crippen LogP) is 3.52. The summed E-state index contributed by atoms with van der Waals surface area (Å²) < 4.78 is 6.25. The highest BCUT2D eigenvalue weighted by Crippen LogP contribution is 2.51. The molecule has 25 heavy (non-hydrogen) atoms. The molecule has 0 saturated heterocycles. The van der Waals surface area contributed by atoms with Crippen LogP contribution in [0.1, 0.15) is 65.7 Å². The molecule has 0 aromatic carbocycles. The Balaban J connectivity index is 1.70. The normalized spacial score (nSPS) is 34.1. The van der Waals surface area contributed by atoms with Crippen molar-refractivity contribution in [2.75, 3.05) is 6.61 Å². The quantitative estimate of drug-likeness (QED) is 0.721. The molecule has 3 rings (SSSR count). The summed E-state index contributed by atoms with van der Waals surface area (Å²) in [6.07, 6.45) is 7.42. The number of Topliss-reactive ketones (excluding diaryl/α,β-unsaturated/α-hetero) is 1. The van der Waals surface area contributed by atoms with Crippen LogP contribution < -0.4 is 0 Å². The van der Waals surface area contributed by atoms with Crippen LogP contribution in [-0.2, 0) is 9.53 Å². The number of aliphatic hydroxyl groups is 2. The second kappa shape index (κ2) is 7.24. The Labute approximate surface area is 151 Å². The van der Waals surface area contributed by atoms with E-state index in [2.05, 4.69) is 26.8 Å². The molecule has 0 spiro atoms. The van der Waals surface area contributed by atoms with Crippen molar-refractivity contribution in [2.24, 2.45) is 17.8 Å². The third-order valence-corrected chi connectivity index (χ3v) is 6.43. The molecule has 4 heteroatoms. The molecule has 5 unspecified atom stereocenters. The minimum Gasteiger partial charge on any atom is -0.488 e. The minimum atomic E-state index is -0.619. The molecule has 140 valence electrons. The Morgan fingerprint density at radius 1 is 1.36 bits per heavy atom. The Hall–Kier alpha value is -1.13. The van der Waals surface area contributed by atoms with Gasteiger partial charge in [0.05, 0.1) is 0 Å². The predicted molar refractivity (Wildman–Crippen MR) is 96.8 cm³/mol. The number of ketones is 1. The zero-order valence-electron chi connectivity index (χ0n) is 15.8. The SMILES string of the molecule is CC(CO)CCCC(C)C1=CCC2(C)OC3=C(CC12)C(=O)CCC3O. The van der Waals surface area contributed by atoms with Crippen LogP contribution in [0.15, 0.2) is 23.0 Å². The van der Waals surface area contributed by atoms with Gasteiger partial charge in [-0.25, -0.2) is 0 Å². The molecule has 4 nitrogen and oxygen atoms in total. The van der Waals surface area contributed by atoms with Crippen LogP contribution in [0.5, 0.6) is 0 Å². The van der Waals surface area contributed by atoms with Crippen molar-refractivity contribution >= 4 is 5.78 Å². The molecule has 2 N–H and O–H groups in total. The summed E-state index contributed by atoms with van der Waals surface area (Å²) >= 11 is 0. The van der Waals surface area contributed by atoms with E-state index < -0.39 is 6.10 Å². The number of allylic oxidation sites excluding steroid dienone is 1. The largest absolute Gasteiger partial charge is 0.488 e. The van der Waals surface area contributed by atoms with Gasteiger partial charge in [0.15, 0.2) is 5.78 Å². The Morgan fingerprint density at radius 2 is 2.12 bits per heavy atom. The number of hydrogen-bond acceptors (Lipinski definition) is 4. The molecule has 0 aromatic heterocycles. The maximum Gasteiger partial charge on any atom is 0.162 e. The summed E-state index contributed by atoms with van der Waals surface area (Å²) in [7, 11) is 0. The van der Waals surface area contributed by atoms with E-state index in [1.807, 2.05) is 0 Å². The van der Waals surface area contributed by atoms with Crippen LogP contribution in [0, 0.1) is 17.8 Å². The van der Waals surface area contributed by atoms with Gasteiger partial charge in [0.2, 0.25) is 0 Å². The summed E-state index contributed by atoms with van der Waals surface area (Å²) in [4.78, 5) is 12.3. The number of ether oxygens (including phenoxy) is 1. The highest BCUT2D eigenvalue weighted by Gasteiger charge is 2.50. The summed E-state index contributed by atoms with van der Waals surface area (Å²) in [5.74, 6) is 1.77. The van der Waals surface area contributed by atoms with Gasteiger partial charge in [0, 0.05) is 30.9 Å². The highest BCUT2D eigenvalue weighted by molar-refractivity contribution is 5.97. The molecular weight excluding hydrogens is 316 g/mol. The van der Waals surface area contributed by atoms with E-state index in [0.717, 1.165) is 31.3 Å². The lowest BCUT2D eigenvalue weighted by Crippen LogP contribution is -2.44. The van der Waals surface area contributed by atoms with Crippen LogP contribution in [-0.4, -0.2) is 34.3 Å². The van der Waals surface area contributed by atoms with E-state index in [0.29, 0.717) is 36.9 Å². The lowest BCUT2D eigenvalue weighted by molar-refractivity contribution is -0.121. The summed E-state index contributed by atoms with van der Waals surface area (Å²) in [6, 6.07) is 0. The highest BCUT2D eigenvalue weighted by atomic mass is 16.5. The van der Waals surface area contributed by atoms with Crippen LogP contribution in [0.3, 0.4) is 0 Å². The van der Waals surface area contributed by atoms with Gasteiger partial charge < -0.3 is 14.9 Å². The van der Waals surface area contributed by atoms with Crippen LogP contribution >= 0.6 is 0 Å². The van der Waals surface area contributed by atoms with Crippen molar-refractivity contribution in [2.45, 2.75) is 77.4 Å². The van der Waals surface area contributed by atoms with Gasteiger partial charge in [0.25, 0.3) is 0 Å². The van der Waals surface area contributed by atoms with E-state index in [9.17, 15) is 15.0 Å². The lowest BCUT2D eigenvalue weighted by Gasteiger charge is -2.43. The zero-order valence-corrected chi connectivity index (χ0v) is 15.8. The summed E-state index contributed by atoms with van der Waals surface area (Å²) in [5, 5.41) is 19.4. The molecule has 0 radical (unpaired) electrons. The average molecular weight is 348 g/mol. The first-order valence-electron chi connectivity index (χ1n) is 9.80. The molecule has 0 fully saturated rings. The molecule has 3 aliphatic rings. The van der Waals surface area contributed by atoms with Crippen molar-refractivity contribution in [1.82, 2.24) is 0 Å². The second-order valence-corrected chi connectivity index (χ2v) is 8.52. The van der Waals surface area contributed by atoms with Crippen LogP contribution in [0.2, 0.25) is 0 Å². The molecule has 1 aliphatic heterocycles. The maximum atomic E-state index is 12.3. The fourth-order valence-corrected chi connectivity index (χ4v) is 4.67. The van der Waals surface area contributed by atoms with Crippen molar-refractivity contribution in [3.8, 4) is 0 Å². The van der Waals surface area contributed by atoms with Crippen molar-refractivity contribution in [1.29, 1.82) is 0 Å². The van der Waals surface area contributed by atoms with Gasteiger partial charge in [0.1, 0.15) is 17.5 Å². The van der Waals surface area contributed by atoms with Gasteiger partial charge in [-0.15, -0.1) is 0 Å². The average Bonchev–Trinajstić information content (AvgIpc) is 2.93. The van der Waals surface area contributed by atoms with Crippen LogP contribution in [0.4, 0.5) is 0 Å². The minimum absolute atomic E-state index is 0.151. The van der Waals surface area contributed by atoms with Crippen molar-refractivity contribution < 1.29 is 19.7 Å². The van der Waals surface area contributed by atoms with E-state index in [-0.39, 0.29) is 23.9 Å². The number of hydrogen-bond donors (Lipinski definition) is 2. The third kappa shape index (κ3) is 3.56. The molecule has 0 bridgehead atoms. The van der Waals surface area contributed by atoms with Gasteiger partial charge >= 0.3 is 0 Å². The van der Waals surface area contributed by atoms with E-state index in [1.165, 1.54) is 5.57 Å². The first-order chi connectivity index (χ1) is 11.9. The van der Waals surface area contributed by atoms with Gasteiger partial charge in [-0.3, -0.25) is 4.79 Å². The fourth-order valence-electron chi connectivity index (χ4n) is 4.67. The number of carbonyl (C=O) groups is 1. The number of rotatable bonds is 6. The second-order valence-electron chi connectivity index (χ2n) is 8.52. The van der Waals surface area contributed by atoms with Crippen LogP contribution in [0.25, 0.3) is 0 Å². The fraction of sp³-hybridized carbons (Fsp3) is 0.762. The third-order valence-electron chi connectivity index (χ3n) is 6.43. The van der Waals surface area contributed by atoms with E-state index in [4.69, 9.17) is 4.74 Å². The Morgan fingerprint density at radius 3 is 2.84 bits per heavy atom. The van der Waals surface area contributed by atoms with Crippen molar-refractivity contribution in [3.05, 3.63) is 23.0 Å². The first-order valence-corrected chi connectivity index (χ1v) is 9.80.